The van der Waals surface area contributed by atoms with Gasteiger partial charge in [0, 0.05) is 14.9 Å². The molecule has 6 atom stereocenters. The average molecular weight is 571 g/mol. The van der Waals surface area contributed by atoms with Crippen LogP contribution in [-0.4, -0.2) is 78.3 Å². The molecular weight excluding hydrogens is 550 g/mol. The van der Waals surface area contributed by atoms with Gasteiger partial charge in [-0.1, -0.05) is 16.8 Å². The summed E-state index contributed by atoms with van der Waals surface area (Å²) in [4.78, 5) is 6.07. The van der Waals surface area contributed by atoms with E-state index in [1.807, 2.05) is 23.3 Å². The number of nitrogens with zero attached hydrogens (tertiary/aromatic N) is 6. The van der Waals surface area contributed by atoms with Gasteiger partial charge < -0.3 is 25.0 Å². The van der Waals surface area contributed by atoms with E-state index in [4.69, 9.17) is 16.3 Å². The Morgan fingerprint density at radius 3 is 2.82 bits per heavy atom. The van der Waals surface area contributed by atoms with E-state index in [-0.39, 0.29) is 6.17 Å². The monoisotopic (exact) mass is 569 g/mol. The van der Waals surface area contributed by atoms with Crippen molar-refractivity contribution in [2.75, 3.05) is 11.5 Å². The van der Waals surface area contributed by atoms with Crippen molar-refractivity contribution in [2.45, 2.75) is 43.5 Å². The number of hydrazone groups is 1. The highest BCUT2D eigenvalue weighted by Gasteiger charge is 2.50. The van der Waals surface area contributed by atoms with Crippen LogP contribution in [0.1, 0.15) is 13.0 Å². The van der Waals surface area contributed by atoms with Crippen molar-refractivity contribution in [3.05, 3.63) is 44.8 Å². The number of anilines is 1. The highest BCUT2D eigenvalue weighted by molar-refractivity contribution is 9.10. The van der Waals surface area contributed by atoms with Gasteiger partial charge >= 0.3 is 0 Å². The fourth-order valence-corrected chi connectivity index (χ4v) is 5.33. The highest BCUT2D eigenvalue weighted by atomic mass is 79.9. The summed E-state index contributed by atoms with van der Waals surface area (Å²) >= 11 is 11.2. The van der Waals surface area contributed by atoms with E-state index < -0.39 is 37.1 Å². The van der Waals surface area contributed by atoms with Gasteiger partial charge in [-0.3, -0.25) is 5.43 Å². The maximum absolute atomic E-state index is 11.4. The van der Waals surface area contributed by atoms with Crippen molar-refractivity contribution in [3.8, 4) is 11.4 Å². The second-order valence-electron chi connectivity index (χ2n) is 7.95. The predicted molar refractivity (Wildman–Crippen MR) is 130 cm³/mol. The standard InChI is InChI=1S/C20H21BrClN7O4S/c1-9-24-26-20(29(9)14-4-10(22)2-3-11(14)21)19-18(32)16(17(31)15(6-30)33-19)28-5-12(25-27-28)13-7-34-8-23-13/h2-5,7-9,15-19,24,30-32H,6H2,1H3/t9?,15-,16+,17+,18-,19-/m1/s1. The molecule has 1 unspecified atom stereocenters. The van der Waals surface area contributed by atoms with Crippen LogP contribution in [0.2, 0.25) is 5.02 Å². The summed E-state index contributed by atoms with van der Waals surface area (Å²) in [6.07, 6.45) is -3.18. The third kappa shape index (κ3) is 4.11. The van der Waals surface area contributed by atoms with Crippen LogP contribution < -0.4 is 10.3 Å². The molecule has 4 heterocycles. The van der Waals surface area contributed by atoms with Crippen molar-refractivity contribution >= 4 is 50.4 Å². The van der Waals surface area contributed by atoms with Crippen LogP contribution in [0.5, 0.6) is 0 Å². The van der Waals surface area contributed by atoms with Crippen molar-refractivity contribution in [1.82, 2.24) is 25.4 Å². The third-order valence-electron chi connectivity index (χ3n) is 5.83. The van der Waals surface area contributed by atoms with Gasteiger partial charge in [-0.15, -0.1) is 16.4 Å². The van der Waals surface area contributed by atoms with Gasteiger partial charge in [0.2, 0.25) is 0 Å². The zero-order valence-electron chi connectivity index (χ0n) is 17.7. The molecule has 2 aromatic heterocycles. The number of hydrogen-bond acceptors (Lipinski definition) is 11. The molecular formula is C20H21BrClN7O4S. The highest BCUT2D eigenvalue weighted by Crippen LogP contribution is 2.37. The number of aliphatic hydroxyl groups is 3. The topological polar surface area (TPSA) is 141 Å². The van der Waals surface area contributed by atoms with Crippen LogP contribution in [0.3, 0.4) is 0 Å². The molecule has 0 spiro atoms. The van der Waals surface area contributed by atoms with Crippen LogP contribution in [0.4, 0.5) is 5.69 Å². The first kappa shape index (κ1) is 23.6. The summed E-state index contributed by atoms with van der Waals surface area (Å²) in [5, 5.41) is 47.3. The van der Waals surface area contributed by atoms with Gasteiger partial charge in [-0.2, -0.15) is 5.10 Å². The molecule has 5 rings (SSSR count). The van der Waals surface area contributed by atoms with Gasteiger partial charge in [0.1, 0.15) is 48.0 Å². The second kappa shape index (κ2) is 9.49. The van der Waals surface area contributed by atoms with Gasteiger partial charge in [0.15, 0.2) is 5.84 Å². The molecule has 2 aliphatic heterocycles. The number of amidine groups is 1. The van der Waals surface area contributed by atoms with Crippen LogP contribution in [0, 0.1) is 0 Å². The molecule has 1 saturated heterocycles. The van der Waals surface area contributed by atoms with Gasteiger partial charge in [0.25, 0.3) is 0 Å². The first-order valence-corrected chi connectivity index (χ1v) is 12.5. The maximum Gasteiger partial charge on any atom is 0.163 e. The Labute approximate surface area is 211 Å². The Hall–Kier alpha value is -2.13. The summed E-state index contributed by atoms with van der Waals surface area (Å²) in [6.45, 7) is 1.43. The van der Waals surface area contributed by atoms with E-state index in [1.54, 1.807) is 23.8 Å². The summed E-state index contributed by atoms with van der Waals surface area (Å²) in [6, 6.07) is 4.38. The lowest BCUT2D eigenvalue weighted by Gasteiger charge is -2.43. The molecule has 11 nitrogen and oxygen atoms in total. The van der Waals surface area contributed by atoms with E-state index in [0.717, 1.165) is 4.47 Å². The number of aromatic nitrogens is 4. The van der Waals surface area contributed by atoms with Crippen molar-refractivity contribution < 1.29 is 20.1 Å². The lowest BCUT2D eigenvalue weighted by Crippen LogP contribution is -2.60. The summed E-state index contributed by atoms with van der Waals surface area (Å²) in [7, 11) is 0. The Morgan fingerprint density at radius 1 is 1.26 bits per heavy atom. The predicted octanol–water partition coefficient (Wildman–Crippen LogP) is 1.61. The van der Waals surface area contributed by atoms with Gasteiger partial charge in [0.05, 0.1) is 24.0 Å². The minimum Gasteiger partial charge on any atom is -0.394 e. The zero-order chi connectivity index (χ0) is 24.0. The van der Waals surface area contributed by atoms with E-state index in [0.29, 0.717) is 27.9 Å². The summed E-state index contributed by atoms with van der Waals surface area (Å²) in [5.74, 6) is 0.373. The zero-order valence-corrected chi connectivity index (χ0v) is 20.9. The molecule has 0 saturated carbocycles. The minimum atomic E-state index is -1.27. The van der Waals surface area contributed by atoms with E-state index >= 15 is 0 Å². The Morgan fingerprint density at radius 2 is 2.09 bits per heavy atom. The van der Waals surface area contributed by atoms with Crippen molar-refractivity contribution in [1.29, 1.82) is 0 Å². The summed E-state index contributed by atoms with van der Waals surface area (Å²) in [5.41, 5.74) is 6.53. The minimum absolute atomic E-state index is 0.277. The number of hydrogen-bond donors (Lipinski definition) is 4. The van der Waals surface area contributed by atoms with Crippen LogP contribution >= 0.6 is 38.9 Å². The molecule has 4 N–H and O–H groups in total. The molecule has 180 valence electrons. The van der Waals surface area contributed by atoms with E-state index in [1.165, 1.54) is 16.0 Å². The number of halogens is 2. The third-order valence-corrected chi connectivity index (χ3v) is 7.32. The van der Waals surface area contributed by atoms with E-state index in [2.05, 4.69) is 41.8 Å². The average Bonchev–Trinajstić information content (AvgIpc) is 3.57. The SMILES string of the molecule is CC1NN=C([C@@H]2O[C@H](CO)[C@H](O)[C@H](n3cc(-c4cscn4)nn3)[C@H]2O)N1c1cc(Cl)ccc1Br. The van der Waals surface area contributed by atoms with Crippen LogP contribution in [-0.2, 0) is 4.74 Å². The van der Waals surface area contributed by atoms with Crippen LogP contribution in [0.15, 0.2) is 44.9 Å². The molecule has 14 heteroatoms. The number of ether oxygens (including phenoxy) is 1. The fraction of sp³-hybridized carbons (Fsp3) is 0.400. The van der Waals surface area contributed by atoms with Crippen LogP contribution in [0.25, 0.3) is 11.4 Å². The molecule has 2 aliphatic rings. The molecule has 3 aromatic rings. The number of thiazole rings is 1. The van der Waals surface area contributed by atoms with Gasteiger partial charge in [-0.25, -0.2) is 9.67 Å². The van der Waals surface area contributed by atoms with Crippen molar-refractivity contribution in [3.63, 3.8) is 0 Å². The number of benzene rings is 1. The lowest BCUT2D eigenvalue weighted by molar-refractivity contribution is -0.185. The number of rotatable bonds is 5. The molecule has 34 heavy (non-hydrogen) atoms. The summed E-state index contributed by atoms with van der Waals surface area (Å²) < 4.78 is 8.11. The normalized spacial score (nSPS) is 29.2. The fourth-order valence-electron chi connectivity index (χ4n) is 4.18. The molecule has 1 aromatic carbocycles. The Balaban J connectivity index is 1.51. The Bertz CT molecular complexity index is 1200. The smallest absolute Gasteiger partial charge is 0.163 e. The first-order chi connectivity index (χ1) is 16.4. The number of nitrogens with one attached hydrogen (secondary N) is 1. The molecule has 0 bridgehead atoms. The maximum atomic E-state index is 11.4. The molecule has 0 amide bonds. The van der Waals surface area contributed by atoms with Crippen molar-refractivity contribution in [2.24, 2.45) is 5.10 Å². The lowest BCUT2D eigenvalue weighted by atomic mass is 9.91. The Kier molecular flexibility index (Phi) is 6.59. The molecule has 0 aliphatic carbocycles. The molecule has 1 fully saturated rings. The largest absolute Gasteiger partial charge is 0.394 e. The first-order valence-electron chi connectivity index (χ1n) is 10.4. The molecule has 0 radical (unpaired) electrons. The quantitative estimate of drug-likeness (QED) is 0.360. The number of aliphatic hydroxyl groups excluding tert-OH is 3. The second-order valence-corrected chi connectivity index (χ2v) is 9.96. The van der Waals surface area contributed by atoms with E-state index in [9.17, 15) is 15.3 Å². The van der Waals surface area contributed by atoms with Gasteiger partial charge in [-0.05, 0) is 41.1 Å².